The lowest BCUT2D eigenvalue weighted by Gasteiger charge is -2.30. The summed E-state index contributed by atoms with van der Waals surface area (Å²) in [4.78, 5) is -0.0571. The highest BCUT2D eigenvalue weighted by Crippen LogP contribution is 2.39. The Morgan fingerprint density at radius 2 is 1.55 bits per heavy atom. The first kappa shape index (κ1) is 17.4. The van der Waals surface area contributed by atoms with Gasteiger partial charge in [0.2, 0.25) is 0 Å². The predicted octanol–water partition coefficient (Wildman–Crippen LogP) is 2.62. The highest BCUT2D eigenvalue weighted by molar-refractivity contribution is 7.91. The van der Waals surface area contributed by atoms with Crippen LogP contribution in [0.2, 0.25) is 0 Å². The lowest BCUT2D eigenvalue weighted by Crippen LogP contribution is -2.26. The van der Waals surface area contributed by atoms with Crippen molar-refractivity contribution >= 4 is 20.0 Å². The molecule has 5 nitrogen and oxygen atoms in total. The van der Waals surface area contributed by atoms with E-state index in [1.54, 1.807) is 13.0 Å². The maximum absolute atomic E-state index is 11.6. The molecular weight excluding hydrogens is 324 g/mol. The van der Waals surface area contributed by atoms with Crippen LogP contribution in [0.3, 0.4) is 0 Å². The number of sulfone groups is 1. The zero-order chi connectivity index (χ0) is 16.7. The van der Waals surface area contributed by atoms with Gasteiger partial charge in [0.1, 0.15) is 9.84 Å². The molecule has 0 aromatic heterocycles. The summed E-state index contributed by atoms with van der Waals surface area (Å²) in [7, 11) is -7.26. The Labute approximate surface area is 132 Å². The van der Waals surface area contributed by atoms with Crippen LogP contribution >= 0.6 is 0 Å². The van der Waals surface area contributed by atoms with Gasteiger partial charge in [0.25, 0.3) is 10.1 Å². The molecule has 1 aliphatic carbocycles. The molecule has 22 heavy (non-hydrogen) atoms. The van der Waals surface area contributed by atoms with Gasteiger partial charge in [-0.1, -0.05) is 6.07 Å². The van der Waals surface area contributed by atoms with Crippen molar-refractivity contribution < 1.29 is 21.4 Å². The average molecular weight is 346 g/mol. The second-order valence-corrected chi connectivity index (χ2v) is 9.91. The van der Waals surface area contributed by atoms with E-state index in [1.807, 2.05) is 6.92 Å². The number of aryl methyl sites for hydroxylation is 1. The molecule has 0 bridgehead atoms. The summed E-state index contributed by atoms with van der Waals surface area (Å²) in [5.74, 6) is 0.139. The molecule has 1 aliphatic rings. The highest BCUT2D eigenvalue weighted by atomic mass is 32.2. The van der Waals surface area contributed by atoms with Crippen LogP contribution in [0, 0.1) is 13.8 Å². The van der Waals surface area contributed by atoms with E-state index in [1.165, 1.54) is 12.3 Å². The van der Waals surface area contributed by atoms with Gasteiger partial charge in [-0.15, -0.1) is 0 Å². The monoisotopic (exact) mass is 346 g/mol. The number of rotatable bonds is 3. The first-order valence-electron chi connectivity index (χ1n) is 7.28. The van der Waals surface area contributed by atoms with Crippen molar-refractivity contribution in [3.05, 3.63) is 28.8 Å². The quantitative estimate of drug-likeness (QED) is 0.850. The molecule has 0 unspecified atom stereocenters. The molecule has 0 heterocycles. The fraction of sp³-hybridized carbons (Fsp3) is 0.600. The van der Waals surface area contributed by atoms with Gasteiger partial charge in [-0.3, -0.25) is 4.55 Å². The molecule has 1 N–H and O–H groups in total. The highest BCUT2D eigenvalue weighted by Gasteiger charge is 2.30. The van der Waals surface area contributed by atoms with E-state index in [9.17, 15) is 21.4 Å². The molecule has 1 aromatic carbocycles. The Morgan fingerprint density at radius 1 is 1.00 bits per heavy atom. The largest absolute Gasteiger partial charge is 0.294 e. The molecule has 0 radical (unpaired) electrons. The minimum Gasteiger partial charge on any atom is -0.282 e. The summed E-state index contributed by atoms with van der Waals surface area (Å²) >= 11 is 0. The molecule has 0 spiro atoms. The third kappa shape index (κ3) is 3.52. The predicted molar refractivity (Wildman–Crippen MR) is 85.6 cm³/mol. The van der Waals surface area contributed by atoms with Crippen molar-refractivity contribution in [2.24, 2.45) is 0 Å². The topological polar surface area (TPSA) is 88.5 Å². The Balaban J connectivity index is 2.35. The first-order chi connectivity index (χ1) is 10.0. The van der Waals surface area contributed by atoms with Crippen LogP contribution in [0.5, 0.6) is 0 Å². The molecular formula is C15H22O5S2. The zero-order valence-electron chi connectivity index (χ0n) is 13.0. The van der Waals surface area contributed by atoms with Crippen molar-refractivity contribution in [1.29, 1.82) is 0 Å². The van der Waals surface area contributed by atoms with Gasteiger partial charge < -0.3 is 0 Å². The van der Waals surface area contributed by atoms with Crippen LogP contribution in [0.25, 0.3) is 0 Å². The summed E-state index contributed by atoms with van der Waals surface area (Å²) in [6.45, 7) is 3.62. The van der Waals surface area contributed by atoms with E-state index in [2.05, 4.69) is 0 Å². The molecule has 0 atom stereocenters. The summed E-state index contributed by atoms with van der Waals surface area (Å²) < 4.78 is 55.5. The van der Waals surface area contributed by atoms with Crippen molar-refractivity contribution in [3.8, 4) is 0 Å². The van der Waals surface area contributed by atoms with Crippen LogP contribution in [0.1, 0.15) is 48.3 Å². The van der Waals surface area contributed by atoms with Crippen LogP contribution < -0.4 is 0 Å². The second-order valence-electron chi connectivity index (χ2n) is 6.20. The molecule has 0 saturated heterocycles. The molecule has 124 valence electrons. The third-order valence-electron chi connectivity index (χ3n) is 4.65. The lowest BCUT2D eigenvalue weighted by atomic mass is 9.80. The average Bonchev–Trinajstić information content (AvgIpc) is 2.36. The Kier molecular flexibility index (Phi) is 4.71. The Hall–Kier alpha value is -0.920. The minimum atomic E-state index is -4.24. The standard InChI is InChI=1S/C15H22O5S2/c1-10-4-9-14(22(18,19)20)11(2)15(10)12-5-7-13(8-6-12)21(3,16)17/h4,9,12-13H,5-8H2,1-3H3,(H,18,19,20). The van der Waals surface area contributed by atoms with Gasteiger partial charge in [0, 0.05) is 6.26 Å². The minimum absolute atomic E-state index is 0.0571. The van der Waals surface area contributed by atoms with Gasteiger partial charge in [-0.25, -0.2) is 8.42 Å². The number of hydrogen-bond acceptors (Lipinski definition) is 4. The summed E-state index contributed by atoms with van der Waals surface area (Å²) in [6.07, 6.45) is 3.90. The van der Waals surface area contributed by atoms with E-state index in [0.29, 0.717) is 31.2 Å². The van der Waals surface area contributed by atoms with Crippen LogP contribution in [-0.4, -0.2) is 32.9 Å². The van der Waals surface area contributed by atoms with Gasteiger partial charge in [0.05, 0.1) is 10.1 Å². The Bertz CT molecular complexity index is 770. The van der Waals surface area contributed by atoms with Gasteiger partial charge >= 0.3 is 0 Å². The van der Waals surface area contributed by atoms with Crippen LogP contribution in [0.4, 0.5) is 0 Å². The molecule has 7 heteroatoms. The number of hydrogen-bond donors (Lipinski definition) is 1. The van der Waals surface area contributed by atoms with E-state index in [-0.39, 0.29) is 16.1 Å². The molecule has 1 saturated carbocycles. The van der Waals surface area contributed by atoms with E-state index in [4.69, 9.17) is 0 Å². The lowest BCUT2D eigenvalue weighted by molar-refractivity contribution is 0.433. The normalized spacial score (nSPS) is 23.5. The number of benzene rings is 1. The van der Waals surface area contributed by atoms with Crippen molar-refractivity contribution in [3.63, 3.8) is 0 Å². The van der Waals surface area contributed by atoms with Crippen LogP contribution in [0.15, 0.2) is 17.0 Å². The molecule has 2 rings (SSSR count). The van der Waals surface area contributed by atoms with Crippen molar-refractivity contribution in [1.82, 2.24) is 0 Å². The van der Waals surface area contributed by atoms with E-state index in [0.717, 1.165) is 11.1 Å². The van der Waals surface area contributed by atoms with Crippen molar-refractivity contribution in [2.75, 3.05) is 6.26 Å². The molecule has 1 fully saturated rings. The zero-order valence-corrected chi connectivity index (χ0v) is 14.7. The molecule has 1 aromatic rings. The maximum atomic E-state index is 11.6. The first-order valence-corrected chi connectivity index (χ1v) is 10.7. The van der Waals surface area contributed by atoms with E-state index >= 15 is 0 Å². The summed E-state index contributed by atoms with van der Waals surface area (Å²) in [5, 5.41) is -0.297. The van der Waals surface area contributed by atoms with Gasteiger partial charge in [-0.2, -0.15) is 8.42 Å². The smallest absolute Gasteiger partial charge is 0.282 e. The summed E-state index contributed by atoms with van der Waals surface area (Å²) in [6, 6.07) is 3.12. The maximum Gasteiger partial charge on any atom is 0.294 e. The fourth-order valence-electron chi connectivity index (χ4n) is 3.53. The van der Waals surface area contributed by atoms with Crippen molar-refractivity contribution in [2.45, 2.75) is 55.6 Å². The molecule has 0 amide bonds. The Morgan fingerprint density at radius 3 is 2.00 bits per heavy atom. The van der Waals surface area contributed by atoms with E-state index < -0.39 is 20.0 Å². The molecule has 0 aliphatic heterocycles. The summed E-state index contributed by atoms with van der Waals surface area (Å²) in [5.41, 5.74) is 2.49. The second kappa shape index (κ2) is 5.94. The van der Waals surface area contributed by atoms with Gasteiger partial charge in [-0.05, 0) is 68.2 Å². The third-order valence-corrected chi connectivity index (χ3v) is 7.33. The SMILES string of the molecule is Cc1ccc(S(=O)(=O)O)c(C)c1C1CCC(S(C)(=O)=O)CC1. The van der Waals surface area contributed by atoms with Gasteiger partial charge in [0.15, 0.2) is 0 Å². The van der Waals surface area contributed by atoms with Crippen LogP contribution in [-0.2, 0) is 20.0 Å². The fourth-order valence-corrected chi connectivity index (χ4v) is 5.40.